The molecule has 2 aliphatic rings. The third kappa shape index (κ3) is 3.68. The van der Waals surface area contributed by atoms with E-state index in [1.807, 2.05) is 11.8 Å². The fourth-order valence-electron chi connectivity index (χ4n) is 2.08. The summed E-state index contributed by atoms with van der Waals surface area (Å²) in [4.78, 5) is 7.01. The highest BCUT2D eigenvalue weighted by Crippen LogP contribution is 2.18. The van der Waals surface area contributed by atoms with E-state index in [1.54, 1.807) is 0 Å². The van der Waals surface area contributed by atoms with Crippen LogP contribution in [0.3, 0.4) is 0 Å². The van der Waals surface area contributed by atoms with Crippen LogP contribution in [0.4, 0.5) is 0 Å². The van der Waals surface area contributed by atoms with Crippen LogP contribution in [0.5, 0.6) is 0 Å². The molecule has 0 aromatic rings. The minimum Gasteiger partial charge on any atom is -0.364 e. The van der Waals surface area contributed by atoms with Gasteiger partial charge in [0.1, 0.15) is 0 Å². The smallest absolute Gasteiger partial charge is 0.156 e. The van der Waals surface area contributed by atoms with E-state index in [0.717, 1.165) is 18.3 Å². The first-order chi connectivity index (χ1) is 7.34. The molecule has 0 amide bonds. The van der Waals surface area contributed by atoms with E-state index in [-0.39, 0.29) is 0 Å². The van der Waals surface area contributed by atoms with Crippen molar-refractivity contribution >= 4 is 16.9 Å². The molecule has 3 nitrogen and oxygen atoms in total. The first-order valence-corrected chi connectivity index (χ1v) is 6.90. The maximum absolute atomic E-state index is 4.45. The molecule has 2 aliphatic heterocycles. The van der Waals surface area contributed by atoms with E-state index in [1.165, 1.54) is 38.9 Å². The first kappa shape index (κ1) is 11.3. The van der Waals surface area contributed by atoms with Crippen molar-refractivity contribution in [1.29, 1.82) is 0 Å². The largest absolute Gasteiger partial charge is 0.364 e. The Labute approximate surface area is 96.7 Å². The Kier molecular flexibility index (Phi) is 4.32. The SMILES string of the molecule is CC1CN=C(NCCN2CCCCC2)S1. The van der Waals surface area contributed by atoms with Gasteiger partial charge in [0.05, 0.1) is 6.54 Å². The van der Waals surface area contributed by atoms with Gasteiger partial charge in [0, 0.05) is 18.3 Å². The van der Waals surface area contributed by atoms with E-state index >= 15 is 0 Å². The topological polar surface area (TPSA) is 27.6 Å². The molecule has 86 valence electrons. The zero-order chi connectivity index (χ0) is 10.5. The fraction of sp³-hybridized carbons (Fsp3) is 0.909. The van der Waals surface area contributed by atoms with Gasteiger partial charge in [-0.2, -0.15) is 0 Å². The molecular formula is C11H21N3S. The van der Waals surface area contributed by atoms with Gasteiger partial charge in [0.2, 0.25) is 0 Å². The molecule has 0 aliphatic carbocycles. The summed E-state index contributed by atoms with van der Waals surface area (Å²) in [5, 5.41) is 5.25. The molecule has 15 heavy (non-hydrogen) atoms. The Morgan fingerprint density at radius 3 is 2.87 bits per heavy atom. The van der Waals surface area contributed by atoms with Crippen LogP contribution in [-0.4, -0.2) is 48.0 Å². The maximum atomic E-state index is 4.45. The highest BCUT2D eigenvalue weighted by atomic mass is 32.2. The van der Waals surface area contributed by atoms with E-state index in [9.17, 15) is 0 Å². The number of thioether (sulfide) groups is 1. The molecular weight excluding hydrogens is 206 g/mol. The van der Waals surface area contributed by atoms with Crippen molar-refractivity contribution in [1.82, 2.24) is 10.2 Å². The lowest BCUT2D eigenvalue weighted by Crippen LogP contribution is -2.36. The molecule has 0 bridgehead atoms. The summed E-state index contributed by atoms with van der Waals surface area (Å²) < 4.78 is 0. The van der Waals surface area contributed by atoms with Crippen molar-refractivity contribution in [3.8, 4) is 0 Å². The molecule has 0 spiro atoms. The van der Waals surface area contributed by atoms with Gasteiger partial charge in [-0.3, -0.25) is 4.99 Å². The predicted molar refractivity (Wildman–Crippen MR) is 67.6 cm³/mol. The van der Waals surface area contributed by atoms with Gasteiger partial charge < -0.3 is 10.2 Å². The second kappa shape index (κ2) is 5.75. The Morgan fingerprint density at radius 2 is 2.20 bits per heavy atom. The molecule has 2 heterocycles. The molecule has 1 saturated heterocycles. The van der Waals surface area contributed by atoms with E-state index in [0.29, 0.717) is 5.25 Å². The second-order valence-corrected chi connectivity index (χ2v) is 5.83. The number of likely N-dealkylation sites (tertiary alicyclic amines) is 1. The summed E-state index contributed by atoms with van der Waals surface area (Å²) in [5.41, 5.74) is 0. The number of nitrogens with zero attached hydrogens (tertiary/aromatic N) is 2. The quantitative estimate of drug-likeness (QED) is 0.793. The summed E-state index contributed by atoms with van der Waals surface area (Å²) >= 11 is 1.87. The number of rotatable bonds is 3. The van der Waals surface area contributed by atoms with Crippen LogP contribution < -0.4 is 5.32 Å². The average molecular weight is 227 g/mol. The third-order valence-electron chi connectivity index (χ3n) is 2.96. The van der Waals surface area contributed by atoms with Crippen LogP contribution >= 0.6 is 11.8 Å². The van der Waals surface area contributed by atoms with Crippen LogP contribution in [-0.2, 0) is 0 Å². The maximum Gasteiger partial charge on any atom is 0.156 e. The normalized spacial score (nSPS) is 27.8. The predicted octanol–water partition coefficient (Wildman–Crippen LogP) is 1.55. The number of piperidine rings is 1. The van der Waals surface area contributed by atoms with Crippen molar-refractivity contribution in [2.24, 2.45) is 4.99 Å². The molecule has 1 unspecified atom stereocenters. The van der Waals surface area contributed by atoms with Gasteiger partial charge in [-0.1, -0.05) is 25.1 Å². The second-order valence-electron chi connectivity index (χ2n) is 4.40. The van der Waals surface area contributed by atoms with E-state index < -0.39 is 0 Å². The fourth-order valence-corrected chi connectivity index (χ4v) is 2.94. The number of nitrogens with one attached hydrogen (secondary N) is 1. The minimum absolute atomic E-state index is 0.669. The van der Waals surface area contributed by atoms with Gasteiger partial charge in [0.25, 0.3) is 0 Å². The Morgan fingerprint density at radius 1 is 1.40 bits per heavy atom. The van der Waals surface area contributed by atoms with Crippen molar-refractivity contribution < 1.29 is 0 Å². The Balaban J connectivity index is 1.58. The molecule has 2 rings (SSSR count). The lowest BCUT2D eigenvalue weighted by atomic mass is 10.1. The lowest BCUT2D eigenvalue weighted by molar-refractivity contribution is 0.232. The molecule has 0 aromatic carbocycles. The highest BCUT2D eigenvalue weighted by molar-refractivity contribution is 8.14. The number of aliphatic imine (C=N–C) groups is 1. The standard InChI is InChI=1S/C11H21N3S/c1-10-9-13-11(15-10)12-5-8-14-6-3-2-4-7-14/h10H,2-9H2,1H3,(H,12,13). The number of amidine groups is 1. The van der Waals surface area contributed by atoms with Gasteiger partial charge in [-0.25, -0.2) is 0 Å². The molecule has 0 aromatic heterocycles. The summed E-state index contributed by atoms with van der Waals surface area (Å²) in [7, 11) is 0. The third-order valence-corrected chi connectivity index (χ3v) is 4.01. The Hall–Kier alpha value is -0.220. The van der Waals surface area contributed by atoms with E-state index in [4.69, 9.17) is 0 Å². The van der Waals surface area contributed by atoms with Crippen LogP contribution in [0.1, 0.15) is 26.2 Å². The molecule has 1 fully saturated rings. The summed E-state index contributed by atoms with van der Waals surface area (Å²) in [6.45, 7) is 8.02. The molecule has 1 N–H and O–H groups in total. The zero-order valence-electron chi connectivity index (χ0n) is 9.54. The van der Waals surface area contributed by atoms with Crippen molar-refractivity contribution in [2.45, 2.75) is 31.4 Å². The molecule has 0 radical (unpaired) electrons. The van der Waals surface area contributed by atoms with Gasteiger partial charge in [0.15, 0.2) is 5.17 Å². The highest BCUT2D eigenvalue weighted by Gasteiger charge is 2.15. The summed E-state index contributed by atoms with van der Waals surface area (Å²) in [6, 6.07) is 0. The van der Waals surface area contributed by atoms with Crippen molar-refractivity contribution in [3.05, 3.63) is 0 Å². The molecule has 4 heteroatoms. The lowest BCUT2D eigenvalue weighted by Gasteiger charge is -2.26. The number of hydrogen-bond acceptors (Lipinski definition) is 4. The average Bonchev–Trinajstić information content (AvgIpc) is 2.66. The number of hydrogen-bond donors (Lipinski definition) is 1. The van der Waals surface area contributed by atoms with Crippen molar-refractivity contribution in [3.63, 3.8) is 0 Å². The van der Waals surface area contributed by atoms with E-state index in [2.05, 4.69) is 22.1 Å². The van der Waals surface area contributed by atoms with Gasteiger partial charge in [-0.15, -0.1) is 0 Å². The Bertz CT molecular complexity index is 224. The van der Waals surface area contributed by atoms with Crippen LogP contribution in [0.25, 0.3) is 0 Å². The summed E-state index contributed by atoms with van der Waals surface area (Å²) in [5.74, 6) is 0. The van der Waals surface area contributed by atoms with Gasteiger partial charge >= 0.3 is 0 Å². The van der Waals surface area contributed by atoms with Gasteiger partial charge in [-0.05, 0) is 25.9 Å². The minimum atomic E-state index is 0.669. The zero-order valence-corrected chi connectivity index (χ0v) is 10.4. The van der Waals surface area contributed by atoms with Crippen LogP contribution in [0, 0.1) is 0 Å². The molecule has 0 saturated carbocycles. The first-order valence-electron chi connectivity index (χ1n) is 6.02. The monoisotopic (exact) mass is 227 g/mol. The summed E-state index contributed by atoms with van der Waals surface area (Å²) in [6.07, 6.45) is 4.18. The van der Waals surface area contributed by atoms with Crippen LogP contribution in [0.2, 0.25) is 0 Å². The molecule has 1 atom stereocenters. The van der Waals surface area contributed by atoms with Crippen LogP contribution in [0.15, 0.2) is 4.99 Å². The van der Waals surface area contributed by atoms with Crippen molar-refractivity contribution in [2.75, 3.05) is 32.7 Å².